The molecule has 158 valence electrons. The van der Waals surface area contributed by atoms with Gasteiger partial charge in [0.1, 0.15) is 0 Å². The van der Waals surface area contributed by atoms with Crippen molar-refractivity contribution in [2.24, 2.45) is 0 Å². The summed E-state index contributed by atoms with van der Waals surface area (Å²) in [4.78, 5) is 9.15. The minimum absolute atomic E-state index is 0.0294. The number of halogens is 1. The third kappa shape index (κ3) is 3.38. The Bertz CT molecular complexity index is 1020. The molecule has 0 radical (unpaired) electrons. The fraction of sp³-hybridized carbons (Fsp3) is 0.417. The minimum Gasteiger partial charge on any atom is -0.365 e. The summed E-state index contributed by atoms with van der Waals surface area (Å²) in [6.45, 7) is 10.9. The van der Waals surface area contributed by atoms with E-state index in [4.69, 9.17) is 23.8 Å². The second-order valence-electron chi connectivity index (χ2n) is 9.06. The third-order valence-corrected chi connectivity index (χ3v) is 7.00. The lowest BCUT2D eigenvalue weighted by atomic mass is 9.86. The number of hydrogen-bond donors (Lipinski definition) is 1. The molecule has 0 saturated carbocycles. The maximum absolute atomic E-state index is 6.95. The van der Waals surface area contributed by atoms with Crippen LogP contribution in [0.15, 0.2) is 42.6 Å². The summed E-state index contributed by atoms with van der Waals surface area (Å²) in [7, 11) is 2.13. The van der Waals surface area contributed by atoms with Gasteiger partial charge in [0.25, 0.3) is 0 Å². The van der Waals surface area contributed by atoms with Crippen LogP contribution in [0.5, 0.6) is 0 Å². The Morgan fingerprint density at radius 2 is 1.97 bits per heavy atom. The molecule has 1 N–H and O–H groups in total. The van der Waals surface area contributed by atoms with Gasteiger partial charge in [0.05, 0.1) is 23.3 Å². The van der Waals surface area contributed by atoms with E-state index in [9.17, 15) is 0 Å². The van der Waals surface area contributed by atoms with Crippen molar-refractivity contribution in [3.63, 3.8) is 0 Å². The molecule has 2 aromatic rings. The summed E-state index contributed by atoms with van der Waals surface area (Å²) in [6.07, 6.45) is 4.15. The Labute approximate surface area is 189 Å². The van der Waals surface area contributed by atoms with E-state index >= 15 is 0 Å². The van der Waals surface area contributed by atoms with Crippen molar-refractivity contribution in [2.45, 2.75) is 58.3 Å². The highest BCUT2D eigenvalue weighted by molar-refractivity contribution is 7.80. The first-order chi connectivity index (χ1) is 14.1. The van der Waals surface area contributed by atoms with Crippen molar-refractivity contribution in [1.29, 1.82) is 0 Å². The number of nitrogens with zero attached hydrogens (tertiary/aromatic N) is 3. The van der Waals surface area contributed by atoms with Crippen molar-refractivity contribution in [3.05, 3.63) is 64.4 Å². The number of allylic oxidation sites excluding steroid dienone is 1. The highest BCUT2D eigenvalue weighted by atomic mass is 35.5. The fourth-order valence-electron chi connectivity index (χ4n) is 4.67. The summed E-state index contributed by atoms with van der Waals surface area (Å²) in [5.41, 5.74) is 5.63. The zero-order chi connectivity index (χ0) is 21.8. The minimum atomic E-state index is -0.0568. The van der Waals surface area contributed by atoms with Crippen molar-refractivity contribution in [2.75, 3.05) is 11.9 Å². The van der Waals surface area contributed by atoms with Crippen LogP contribution in [0.4, 0.5) is 5.69 Å². The molecule has 0 spiro atoms. The molecule has 1 fully saturated rings. The molecular formula is C24H29ClN4S. The summed E-state index contributed by atoms with van der Waals surface area (Å²) in [5, 5.41) is 5.00. The molecule has 1 saturated heterocycles. The van der Waals surface area contributed by atoms with Crippen LogP contribution >= 0.6 is 23.8 Å². The number of anilines is 1. The Hall–Kier alpha value is -2.11. The van der Waals surface area contributed by atoms with Crippen LogP contribution in [0.25, 0.3) is 5.57 Å². The molecule has 1 aromatic heterocycles. The molecule has 6 heteroatoms. The van der Waals surface area contributed by atoms with Gasteiger partial charge in [-0.3, -0.25) is 4.98 Å². The molecule has 2 aliphatic heterocycles. The first-order valence-corrected chi connectivity index (χ1v) is 11.2. The maximum atomic E-state index is 6.95. The average Bonchev–Trinajstić information content (AvgIpc) is 3.03. The summed E-state index contributed by atoms with van der Waals surface area (Å²) in [5.74, 6) is 0. The molecule has 2 atom stereocenters. The second kappa shape index (κ2) is 7.54. The predicted molar refractivity (Wildman–Crippen MR) is 130 cm³/mol. The summed E-state index contributed by atoms with van der Waals surface area (Å²) in [6, 6.07) is 10.5. The molecule has 0 amide bonds. The first-order valence-electron chi connectivity index (χ1n) is 10.4. The normalized spacial score (nSPS) is 22.8. The highest BCUT2D eigenvalue weighted by Gasteiger charge is 2.42. The van der Waals surface area contributed by atoms with E-state index in [1.165, 1.54) is 11.1 Å². The Kier molecular flexibility index (Phi) is 5.31. The van der Waals surface area contributed by atoms with Gasteiger partial charge in [-0.25, -0.2) is 0 Å². The van der Waals surface area contributed by atoms with Gasteiger partial charge < -0.3 is 15.1 Å². The first kappa shape index (κ1) is 21.1. The molecule has 4 rings (SSSR count). The molecule has 0 bridgehead atoms. The molecule has 0 unspecified atom stereocenters. The van der Waals surface area contributed by atoms with Crippen LogP contribution in [0.3, 0.4) is 0 Å². The molecule has 1 aromatic carbocycles. The van der Waals surface area contributed by atoms with Gasteiger partial charge in [0, 0.05) is 35.6 Å². The number of fused-ring (bicyclic) bond motifs is 1. The van der Waals surface area contributed by atoms with Gasteiger partial charge in [0.15, 0.2) is 5.11 Å². The van der Waals surface area contributed by atoms with E-state index in [0.717, 1.165) is 27.1 Å². The second-order valence-corrected chi connectivity index (χ2v) is 9.85. The molecule has 3 heterocycles. The predicted octanol–water partition coefficient (Wildman–Crippen LogP) is 5.75. The van der Waals surface area contributed by atoms with Crippen LogP contribution < -0.4 is 10.2 Å². The van der Waals surface area contributed by atoms with Crippen LogP contribution in [0.1, 0.15) is 63.5 Å². The Morgan fingerprint density at radius 3 is 2.60 bits per heavy atom. The monoisotopic (exact) mass is 440 g/mol. The topological polar surface area (TPSA) is 31.4 Å². The van der Waals surface area contributed by atoms with E-state index in [-0.39, 0.29) is 23.7 Å². The van der Waals surface area contributed by atoms with Crippen molar-refractivity contribution in [3.8, 4) is 0 Å². The van der Waals surface area contributed by atoms with Gasteiger partial charge in [-0.1, -0.05) is 23.7 Å². The van der Waals surface area contributed by atoms with Crippen molar-refractivity contribution >= 4 is 40.2 Å². The van der Waals surface area contributed by atoms with E-state index in [1.54, 1.807) is 0 Å². The van der Waals surface area contributed by atoms with Crippen LogP contribution in [0, 0.1) is 0 Å². The van der Waals surface area contributed by atoms with Gasteiger partial charge >= 0.3 is 0 Å². The van der Waals surface area contributed by atoms with E-state index in [1.807, 2.05) is 24.4 Å². The number of hydrogen-bond acceptors (Lipinski definition) is 3. The lowest BCUT2D eigenvalue weighted by molar-refractivity contribution is 0.269. The number of aromatic nitrogens is 1. The quantitative estimate of drug-likeness (QED) is 0.614. The summed E-state index contributed by atoms with van der Waals surface area (Å²) < 4.78 is 0. The van der Waals surface area contributed by atoms with Crippen LogP contribution in [-0.4, -0.2) is 33.6 Å². The molecule has 30 heavy (non-hydrogen) atoms. The summed E-state index contributed by atoms with van der Waals surface area (Å²) >= 11 is 12.7. The van der Waals surface area contributed by atoms with Gasteiger partial charge in [-0.2, -0.15) is 0 Å². The van der Waals surface area contributed by atoms with Gasteiger partial charge in [-0.15, -0.1) is 0 Å². The van der Waals surface area contributed by atoms with Gasteiger partial charge in [0.2, 0.25) is 0 Å². The smallest absolute Gasteiger partial charge is 0.170 e. The zero-order valence-corrected chi connectivity index (χ0v) is 20.0. The Balaban J connectivity index is 1.88. The maximum Gasteiger partial charge on any atom is 0.170 e. The lowest BCUT2D eigenvalue weighted by Gasteiger charge is -2.41. The van der Waals surface area contributed by atoms with Gasteiger partial charge in [-0.05, 0) is 82.2 Å². The molecular weight excluding hydrogens is 412 g/mol. The molecule has 0 aliphatic carbocycles. The number of rotatable bonds is 3. The molecule has 2 aliphatic rings. The zero-order valence-electron chi connectivity index (χ0n) is 18.4. The number of thiocarbonyl (C=S) groups is 1. The average molecular weight is 441 g/mol. The largest absolute Gasteiger partial charge is 0.365 e. The standard InChI is InChI=1S/C24H29ClN4S/c1-14(2)29-22(21(27-23(29)30)19-9-7-8-10-26-19)17-11-16-15(3)13-24(4,5)28(6)20(16)12-18(17)25/h7-14,21-22H,1-6H3,(H,27,30)/t21-,22+/m0/s1. The Morgan fingerprint density at radius 1 is 1.23 bits per heavy atom. The third-order valence-electron chi connectivity index (χ3n) is 6.35. The number of pyridine rings is 1. The van der Waals surface area contributed by atoms with E-state index in [2.05, 4.69) is 80.0 Å². The fourth-order valence-corrected chi connectivity index (χ4v) is 5.39. The lowest BCUT2D eigenvalue weighted by Crippen LogP contribution is -2.42. The SMILES string of the molecule is CC1=CC(C)(C)N(C)c2cc(Cl)c([C@@H]3[C@H](c4ccccn4)NC(=S)N3C(C)C)cc21. The molecule has 4 nitrogen and oxygen atoms in total. The van der Waals surface area contributed by atoms with Crippen molar-refractivity contribution in [1.82, 2.24) is 15.2 Å². The van der Waals surface area contributed by atoms with Crippen LogP contribution in [0.2, 0.25) is 5.02 Å². The van der Waals surface area contributed by atoms with Crippen LogP contribution in [-0.2, 0) is 0 Å². The van der Waals surface area contributed by atoms with E-state index < -0.39 is 0 Å². The number of nitrogens with one attached hydrogen (secondary N) is 1. The van der Waals surface area contributed by atoms with E-state index in [0.29, 0.717) is 0 Å². The highest BCUT2D eigenvalue weighted by Crippen LogP contribution is 2.47. The number of likely N-dealkylation sites (N-methyl/N-ethyl adjacent to an activating group) is 1. The van der Waals surface area contributed by atoms with Crippen molar-refractivity contribution < 1.29 is 0 Å². The number of benzene rings is 1.